The smallest absolute Gasteiger partial charge is 0.407 e. The molecule has 0 aliphatic heterocycles. The van der Waals surface area contributed by atoms with E-state index in [0.29, 0.717) is 6.42 Å². The molecule has 2 N–H and O–H groups in total. The summed E-state index contributed by atoms with van der Waals surface area (Å²) >= 11 is 0. The van der Waals surface area contributed by atoms with E-state index in [4.69, 9.17) is 9.16 Å². The van der Waals surface area contributed by atoms with E-state index in [1.807, 2.05) is 48.5 Å². The Morgan fingerprint density at radius 1 is 1.03 bits per heavy atom. The van der Waals surface area contributed by atoms with Crippen molar-refractivity contribution in [2.24, 2.45) is 17.8 Å². The second-order valence-corrected chi connectivity index (χ2v) is 16.2. The summed E-state index contributed by atoms with van der Waals surface area (Å²) in [5.74, 6) is -1.28. The predicted octanol–water partition coefficient (Wildman–Crippen LogP) is 6.06. The number of alkyl carbamates (subject to hydrolysis) is 1. The van der Waals surface area contributed by atoms with Crippen LogP contribution < -0.4 is 5.32 Å². The molecule has 0 radical (unpaired) electrons. The molecule has 4 atom stereocenters. The molecule has 0 aliphatic rings. The third kappa shape index (κ3) is 9.37. The highest BCUT2D eigenvalue weighted by molar-refractivity contribution is 6.74. The van der Waals surface area contributed by atoms with Gasteiger partial charge in [0.15, 0.2) is 8.32 Å². The van der Waals surface area contributed by atoms with Gasteiger partial charge in [0.25, 0.3) is 0 Å². The molecule has 0 saturated heterocycles. The van der Waals surface area contributed by atoms with E-state index in [2.05, 4.69) is 39.2 Å². The highest BCUT2D eigenvalue weighted by Crippen LogP contribution is 2.39. The summed E-state index contributed by atoms with van der Waals surface area (Å²) in [7, 11) is -2.21. The molecule has 30 heavy (non-hydrogen) atoms. The highest BCUT2D eigenvalue weighted by atomic mass is 28.4. The van der Waals surface area contributed by atoms with Gasteiger partial charge in [-0.25, -0.2) is 4.79 Å². The Bertz CT molecular complexity index is 563. The van der Waals surface area contributed by atoms with Crippen molar-refractivity contribution in [3.63, 3.8) is 0 Å². The standard InChI is InChI=1S/C23H47NO5Si/c1-13-16(4)17(20(25)26)14-18(29-30(11,12)23(8,9)10)19(15(2)3)24-21(27)28-22(5,6)7/h15-19H,13-14H2,1-12H3,(H,24,27)(H,25,26)/t16-,17-,18-,19+/m1/s1. The first-order valence-corrected chi connectivity index (χ1v) is 14.1. The average molecular weight is 446 g/mol. The van der Waals surface area contributed by atoms with Crippen molar-refractivity contribution in [3.8, 4) is 0 Å². The van der Waals surface area contributed by atoms with E-state index in [1.165, 1.54) is 0 Å². The Labute approximate surface area is 185 Å². The van der Waals surface area contributed by atoms with Crippen LogP contribution in [0.3, 0.4) is 0 Å². The first-order chi connectivity index (χ1) is 13.3. The minimum absolute atomic E-state index is 0.0161. The van der Waals surface area contributed by atoms with Crippen molar-refractivity contribution in [1.29, 1.82) is 0 Å². The zero-order valence-electron chi connectivity index (χ0n) is 21.4. The molecule has 6 nitrogen and oxygen atoms in total. The van der Waals surface area contributed by atoms with Gasteiger partial charge in [-0.2, -0.15) is 0 Å². The lowest BCUT2D eigenvalue weighted by Crippen LogP contribution is -2.55. The van der Waals surface area contributed by atoms with Gasteiger partial charge in [-0.1, -0.05) is 54.9 Å². The van der Waals surface area contributed by atoms with Gasteiger partial charge >= 0.3 is 12.1 Å². The van der Waals surface area contributed by atoms with Gasteiger partial charge in [0.05, 0.1) is 18.1 Å². The summed E-state index contributed by atoms with van der Waals surface area (Å²) in [4.78, 5) is 24.6. The van der Waals surface area contributed by atoms with Crippen molar-refractivity contribution in [3.05, 3.63) is 0 Å². The van der Waals surface area contributed by atoms with Crippen molar-refractivity contribution in [1.82, 2.24) is 5.32 Å². The fourth-order valence-electron chi connectivity index (χ4n) is 3.07. The highest BCUT2D eigenvalue weighted by Gasteiger charge is 2.43. The van der Waals surface area contributed by atoms with Crippen LogP contribution in [0.25, 0.3) is 0 Å². The Morgan fingerprint density at radius 3 is 1.87 bits per heavy atom. The molecule has 178 valence electrons. The van der Waals surface area contributed by atoms with E-state index >= 15 is 0 Å². The van der Waals surface area contributed by atoms with Crippen LogP contribution in [-0.2, 0) is 14.0 Å². The van der Waals surface area contributed by atoms with Gasteiger partial charge in [-0.3, -0.25) is 4.79 Å². The third-order valence-corrected chi connectivity index (χ3v) is 10.7. The van der Waals surface area contributed by atoms with Gasteiger partial charge in [0, 0.05) is 0 Å². The van der Waals surface area contributed by atoms with Crippen LogP contribution >= 0.6 is 0 Å². The first kappa shape index (κ1) is 28.9. The van der Waals surface area contributed by atoms with Crippen molar-refractivity contribution < 1.29 is 23.9 Å². The number of hydrogen-bond acceptors (Lipinski definition) is 4. The number of amides is 1. The number of aliphatic carboxylic acids is 1. The lowest BCUT2D eigenvalue weighted by Gasteiger charge is -2.43. The monoisotopic (exact) mass is 445 g/mol. The molecular formula is C23H47NO5Si. The van der Waals surface area contributed by atoms with E-state index < -0.39 is 38.0 Å². The van der Waals surface area contributed by atoms with Gasteiger partial charge < -0.3 is 19.6 Å². The molecule has 0 spiro atoms. The Hall–Kier alpha value is -1.08. The Morgan fingerprint density at radius 2 is 1.53 bits per heavy atom. The van der Waals surface area contributed by atoms with Crippen LogP contribution in [0, 0.1) is 17.8 Å². The summed E-state index contributed by atoms with van der Waals surface area (Å²) in [5.41, 5.74) is -0.609. The van der Waals surface area contributed by atoms with Crippen LogP contribution in [0.2, 0.25) is 18.1 Å². The summed E-state index contributed by atoms with van der Waals surface area (Å²) in [6, 6.07) is -0.347. The lowest BCUT2D eigenvalue weighted by atomic mass is 9.83. The number of rotatable bonds is 10. The second kappa shape index (κ2) is 11.0. The van der Waals surface area contributed by atoms with Gasteiger partial charge in [-0.15, -0.1) is 0 Å². The van der Waals surface area contributed by atoms with E-state index in [9.17, 15) is 14.7 Å². The SMILES string of the molecule is CC[C@@H](C)[C@@H](C[C@@H](O[Si](C)(C)C(C)(C)C)[C@@H](NC(=O)OC(C)(C)C)C(C)C)C(=O)O. The average Bonchev–Trinajstić information content (AvgIpc) is 2.52. The Kier molecular flexibility index (Phi) is 10.6. The van der Waals surface area contributed by atoms with E-state index in [-0.39, 0.29) is 22.9 Å². The van der Waals surface area contributed by atoms with Gasteiger partial charge in [0.2, 0.25) is 0 Å². The number of carboxylic acid groups (broad SMARTS) is 1. The number of nitrogens with one attached hydrogen (secondary N) is 1. The maximum Gasteiger partial charge on any atom is 0.407 e. The topological polar surface area (TPSA) is 84.9 Å². The fraction of sp³-hybridized carbons (Fsp3) is 0.913. The van der Waals surface area contributed by atoms with E-state index in [1.54, 1.807) is 0 Å². The normalized spacial score (nSPS) is 17.2. The summed E-state index contributed by atoms with van der Waals surface area (Å²) in [5, 5.41) is 12.8. The molecule has 0 aromatic carbocycles. The summed E-state index contributed by atoms with van der Waals surface area (Å²) in [6.07, 6.45) is 0.222. The largest absolute Gasteiger partial charge is 0.481 e. The van der Waals surface area contributed by atoms with Crippen LogP contribution in [0.5, 0.6) is 0 Å². The van der Waals surface area contributed by atoms with Crippen LogP contribution in [0.4, 0.5) is 4.79 Å². The molecule has 0 bridgehead atoms. The lowest BCUT2D eigenvalue weighted by molar-refractivity contribution is -0.145. The number of carboxylic acids is 1. The molecule has 0 unspecified atom stereocenters. The molecule has 0 saturated carbocycles. The molecule has 0 heterocycles. The molecular weight excluding hydrogens is 398 g/mol. The molecule has 0 aromatic heterocycles. The van der Waals surface area contributed by atoms with E-state index in [0.717, 1.165) is 6.42 Å². The fourth-order valence-corrected chi connectivity index (χ4v) is 4.42. The Balaban J connectivity index is 6.00. The zero-order valence-corrected chi connectivity index (χ0v) is 22.4. The number of hydrogen-bond donors (Lipinski definition) is 2. The minimum Gasteiger partial charge on any atom is -0.481 e. The van der Waals surface area contributed by atoms with Gasteiger partial charge in [0.1, 0.15) is 5.60 Å². The van der Waals surface area contributed by atoms with Crippen molar-refractivity contribution in [2.45, 2.75) is 118 Å². The number of carbonyl (C=O) groups is 2. The van der Waals surface area contributed by atoms with Crippen LogP contribution in [0.1, 0.15) is 82.1 Å². The van der Waals surface area contributed by atoms with Crippen molar-refractivity contribution in [2.75, 3.05) is 0 Å². The summed E-state index contributed by atoms with van der Waals surface area (Å²) < 4.78 is 12.2. The molecule has 0 rings (SSSR count). The minimum atomic E-state index is -2.21. The second-order valence-electron chi connectivity index (χ2n) is 11.4. The third-order valence-electron chi connectivity index (χ3n) is 6.19. The molecule has 0 aromatic rings. The van der Waals surface area contributed by atoms with Crippen molar-refractivity contribution >= 4 is 20.4 Å². The number of carbonyl (C=O) groups excluding carboxylic acids is 1. The molecule has 7 heteroatoms. The number of ether oxygens (including phenoxy) is 1. The quantitative estimate of drug-likeness (QED) is 0.399. The van der Waals surface area contributed by atoms with Crippen LogP contribution in [0.15, 0.2) is 0 Å². The zero-order chi connectivity index (χ0) is 24.1. The molecule has 0 fully saturated rings. The molecule has 1 amide bonds. The maximum atomic E-state index is 12.6. The summed E-state index contributed by atoms with van der Waals surface area (Å²) in [6.45, 7) is 24.3. The van der Waals surface area contributed by atoms with Crippen LogP contribution in [-0.4, -0.2) is 43.2 Å². The van der Waals surface area contributed by atoms with Gasteiger partial charge in [-0.05, 0) is 57.2 Å². The predicted molar refractivity (Wildman–Crippen MR) is 125 cm³/mol. The maximum absolute atomic E-state index is 12.6. The first-order valence-electron chi connectivity index (χ1n) is 11.2. The molecule has 0 aliphatic carbocycles.